The fraction of sp³-hybridized carbons (Fsp3) is 0.833. The van der Waals surface area contributed by atoms with Crippen LogP contribution in [-0.2, 0) is 9.59 Å². The highest BCUT2D eigenvalue weighted by Gasteiger charge is 2.29. The van der Waals surface area contributed by atoms with Crippen molar-refractivity contribution in [1.82, 2.24) is 0 Å². The van der Waals surface area contributed by atoms with Crippen LogP contribution in [0.5, 0.6) is 0 Å². The molecule has 0 aliphatic heterocycles. The molecule has 1 rings (SSSR count). The lowest BCUT2D eigenvalue weighted by Gasteiger charge is -2.35. The van der Waals surface area contributed by atoms with E-state index in [4.69, 9.17) is 10.2 Å². The highest BCUT2D eigenvalue weighted by molar-refractivity contribution is 5.66. The van der Waals surface area contributed by atoms with Gasteiger partial charge >= 0.3 is 11.9 Å². The average Bonchev–Trinajstić information content (AvgIpc) is 2.93. The summed E-state index contributed by atoms with van der Waals surface area (Å²) in [6.45, 7) is 4.60. The van der Waals surface area contributed by atoms with E-state index in [-0.39, 0.29) is 0 Å². The van der Waals surface area contributed by atoms with Crippen LogP contribution in [0.15, 0.2) is 23.3 Å². The Balaban J connectivity index is 2.77. The zero-order valence-corrected chi connectivity index (χ0v) is 26.4. The van der Waals surface area contributed by atoms with E-state index < -0.39 is 11.9 Å². The quantitative estimate of drug-likeness (QED) is 0.0774. The monoisotopic (exact) mass is 560 g/mol. The molecule has 2 atom stereocenters. The van der Waals surface area contributed by atoms with Gasteiger partial charge in [0.05, 0.1) is 0 Å². The lowest BCUT2D eigenvalue weighted by Crippen LogP contribution is -2.22. The maximum atomic E-state index is 10.8. The highest BCUT2D eigenvalue weighted by Crippen LogP contribution is 2.42. The van der Waals surface area contributed by atoms with E-state index in [1.807, 2.05) is 0 Å². The Morgan fingerprint density at radius 3 is 1.80 bits per heavy atom. The van der Waals surface area contributed by atoms with E-state index in [1.54, 1.807) is 11.1 Å². The molecule has 0 fully saturated rings. The van der Waals surface area contributed by atoms with Crippen molar-refractivity contribution in [2.45, 2.75) is 181 Å². The van der Waals surface area contributed by atoms with Crippen LogP contribution in [0.2, 0.25) is 0 Å². The molecule has 0 aromatic rings. The van der Waals surface area contributed by atoms with Crippen molar-refractivity contribution in [2.75, 3.05) is 0 Å². The Kier molecular flexibility index (Phi) is 22.9. The van der Waals surface area contributed by atoms with Gasteiger partial charge in [0.15, 0.2) is 0 Å². The summed E-state index contributed by atoms with van der Waals surface area (Å²) in [6, 6.07) is 0. The fourth-order valence-electron chi connectivity index (χ4n) is 6.48. The second-order valence-electron chi connectivity index (χ2n) is 12.4. The number of hydrogen-bond donors (Lipinski definition) is 2. The van der Waals surface area contributed by atoms with Crippen LogP contribution in [0.25, 0.3) is 0 Å². The lowest BCUT2D eigenvalue weighted by molar-refractivity contribution is -0.138. The van der Waals surface area contributed by atoms with Crippen LogP contribution in [0.1, 0.15) is 181 Å². The molecular formula is C36H64O4. The van der Waals surface area contributed by atoms with Gasteiger partial charge in [0.1, 0.15) is 0 Å². The van der Waals surface area contributed by atoms with Gasteiger partial charge in [-0.3, -0.25) is 9.59 Å². The van der Waals surface area contributed by atoms with Crippen molar-refractivity contribution in [3.63, 3.8) is 0 Å². The van der Waals surface area contributed by atoms with E-state index in [1.165, 1.54) is 109 Å². The summed E-state index contributed by atoms with van der Waals surface area (Å²) in [5.41, 5.74) is 3.60. The summed E-state index contributed by atoms with van der Waals surface area (Å²) < 4.78 is 0. The minimum atomic E-state index is -0.675. The predicted molar refractivity (Wildman–Crippen MR) is 170 cm³/mol. The van der Waals surface area contributed by atoms with Crippen molar-refractivity contribution >= 4 is 11.9 Å². The number of carboxylic acids is 2. The maximum Gasteiger partial charge on any atom is 0.303 e. The van der Waals surface area contributed by atoms with Gasteiger partial charge in [0, 0.05) is 18.8 Å². The molecule has 0 aromatic carbocycles. The van der Waals surface area contributed by atoms with Crippen molar-refractivity contribution in [1.29, 1.82) is 0 Å². The van der Waals surface area contributed by atoms with Crippen LogP contribution in [-0.4, -0.2) is 22.2 Å². The third kappa shape index (κ3) is 18.7. The Hall–Kier alpha value is -1.58. The molecule has 0 saturated carbocycles. The minimum Gasteiger partial charge on any atom is -0.481 e. The molecule has 4 nitrogen and oxygen atoms in total. The third-order valence-corrected chi connectivity index (χ3v) is 8.88. The average molecular weight is 561 g/mol. The summed E-state index contributed by atoms with van der Waals surface area (Å²) in [5.74, 6) is 0.0243. The molecule has 2 N–H and O–H groups in total. The molecule has 1 aliphatic rings. The summed E-state index contributed by atoms with van der Waals surface area (Å²) in [6.07, 6.45) is 34.9. The SMILES string of the molecule is CCCCCCC1=C(CCCCCC)C(C=CCCCCCCCC(=O)O)C(CCCCCCCC(=O)O)CC1. The number of hydrogen-bond acceptors (Lipinski definition) is 2. The fourth-order valence-corrected chi connectivity index (χ4v) is 6.48. The first-order valence-corrected chi connectivity index (χ1v) is 17.3. The Morgan fingerprint density at radius 2 is 1.20 bits per heavy atom. The van der Waals surface area contributed by atoms with Gasteiger partial charge in [-0.2, -0.15) is 0 Å². The summed E-state index contributed by atoms with van der Waals surface area (Å²) in [7, 11) is 0. The van der Waals surface area contributed by atoms with Crippen molar-refractivity contribution < 1.29 is 19.8 Å². The molecule has 0 radical (unpaired) electrons. The number of carbonyl (C=O) groups is 2. The summed E-state index contributed by atoms with van der Waals surface area (Å²) in [5, 5.41) is 17.7. The van der Waals surface area contributed by atoms with E-state index in [0.717, 1.165) is 50.9 Å². The van der Waals surface area contributed by atoms with Crippen LogP contribution in [0.4, 0.5) is 0 Å². The molecule has 40 heavy (non-hydrogen) atoms. The first-order valence-electron chi connectivity index (χ1n) is 17.3. The van der Waals surface area contributed by atoms with Gasteiger partial charge < -0.3 is 10.2 Å². The lowest BCUT2D eigenvalue weighted by atomic mass is 9.70. The molecule has 0 aromatic heterocycles. The topological polar surface area (TPSA) is 74.6 Å². The van der Waals surface area contributed by atoms with E-state index in [2.05, 4.69) is 26.0 Å². The second-order valence-corrected chi connectivity index (χ2v) is 12.4. The molecule has 0 bridgehead atoms. The van der Waals surface area contributed by atoms with Gasteiger partial charge in [-0.05, 0) is 76.5 Å². The normalized spacial score (nSPS) is 17.6. The number of carboxylic acid groups (broad SMARTS) is 2. The zero-order valence-electron chi connectivity index (χ0n) is 26.4. The molecule has 2 unspecified atom stereocenters. The van der Waals surface area contributed by atoms with Gasteiger partial charge in [0.25, 0.3) is 0 Å². The van der Waals surface area contributed by atoms with E-state index in [0.29, 0.717) is 18.8 Å². The summed E-state index contributed by atoms with van der Waals surface area (Å²) >= 11 is 0. The molecule has 0 saturated heterocycles. The Morgan fingerprint density at radius 1 is 0.675 bits per heavy atom. The molecule has 0 spiro atoms. The largest absolute Gasteiger partial charge is 0.481 e. The minimum absolute atomic E-state index is 0.305. The van der Waals surface area contributed by atoms with E-state index in [9.17, 15) is 9.59 Å². The Bertz CT molecular complexity index is 708. The standard InChI is InChI=1S/C36H64O4/c1-3-5-7-17-23-31-29-30-32(24-18-13-12-16-22-28-36(39)40)34(33(31)25-19-8-6-4-2)26-20-14-10-9-11-15-21-27-35(37)38/h20,26,32,34H,3-19,21-25,27-30H2,1-2H3,(H,37,38)(H,39,40). The first kappa shape index (κ1) is 36.4. The zero-order chi connectivity index (χ0) is 29.3. The van der Waals surface area contributed by atoms with Crippen molar-refractivity contribution in [3.05, 3.63) is 23.3 Å². The van der Waals surface area contributed by atoms with E-state index >= 15 is 0 Å². The smallest absolute Gasteiger partial charge is 0.303 e. The Labute approximate surface area is 247 Å². The number of allylic oxidation sites excluding steroid dienone is 4. The van der Waals surface area contributed by atoms with Gasteiger partial charge in [0.2, 0.25) is 0 Å². The molecule has 1 aliphatic carbocycles. The van der Waals surface area contributed by atoms with Crippen LogP contribution in [0.3, 0.4) is 0 Å². The highest BCUT2D eigenvalue weighted by atomic mass is 16.4. The second kappa shape index (κ2) is 25.2. The van der Waals surface area contributed by atoms with Gasteiger partial charge in [-0.25, -0.2) is 0 Å². The van der Waals surface area contributed by atoms with Crippen LogP contribution in [0, 0.1) is 11.8 Å². The van der Waals surface area contributed by atoms with Crippen molar-refractivity contribution in [2.24, 2.45) is 11.8 Å². The first-order chi connectivity index (χ1) is 19.5. The predicted octanol–water partition coefficient (Wildman–Crippen LogP) is 11.4. The third-order valence-electron chi connectivity index (χ3n) is 8.88. The van der Waals surface area contributed by atoms with Gasteiger partial charge in [-0.1, -0.05) is 121 Å². The number of unbranched alkanes of at least 4 members (excludes halogenated alkanes) is 15. The van der Waals surface area contributed by atoms with Crippen LogP contribution >= 0.6 is 0 Å². The molecule has 232 valence electrons. The molecule has 4 heteroatoms. The number of aliphatic carboxylic acids is 2. The number of rotatable bonds is 27. The summed E-state index contributed by atoms with van der Waals surface area (Å²) in [4.78, 5) is 21.5. The van der Waals surface area contributed by atoms with Crippen molar-refractivity contribution in [3.8, 4) is 0 Å². The molecule has 0 amide bonds. The molecular weight excluding hydrogens is 496 g/mol. The molecule has 0 heterocycles. The maximum absolute atomic E-state index is 10.8. The van der Waals surface area contributed by atoms with Gasteiger partial charge in [-0.15, -0.1) is 0 Å². The van der Waals surface area contributed by atoms with Crippen LogP contribution < -0.4 is 0 Å².